The highest BCUT2D eigenvalue weighted by molar-refractivity contribution is 7.89. The summed E-state index contributed by atoms with van der Waals surface area (Å²) < 4.78 is 52.1. The van der Waals surface area contributed by atoms with Gasteiger partial charge in [0, 0.05) is 25.7 Å². The minimum absolute atomic E-state index is 0.0211. The van der Waals surface area contributed by atoms with Crippen molar-refractivity contribution in [3.63, 3.8) is 0 Å². The molecule has 9 heteroatoms. The number of carbonyl (C=O) groups excluding carboxylic acids is 1. The predicted octanol–water partition coefficient (Wildman–Crippen LogP) is 2.46. The number of fused-ring (bicyclic) bond motifs is 1. The van der Waals surface area contributed by atoms with Crippen LogP contribution in [0.2, 0.25) is 0 Å². The van der Waals surface area contributed by atoms with Gasteiger partial charge in [0.2, 0.25) is 16.1 Å². The maximum Gasteiger partial charge on any atom is 0.267 e. The normalized spacial score (nSPS) is 18.8. The molecule has 2 heterocycles. The Morgan fingerprint density at radius 3 is 2.53 bits per heavy atom. The summed E-state index contributed by atoms with van der Waals surface area (Å²) in [5.41, 5.74) is 0.636. The number of halogens is 1. The summed E-state index contributed by atoms with van der Waals surface area (Å²) in [6.07, 6.45) is 2.38. The fraction of sp³-hybridized carbons (Fsp3) is 0.381. The second-order valence-electron chi connectivity index (χ2n) is 7.36. The van der Waals surface area contributed by atoms with Crippen molar-refractivity contribution in [1.29, 1.82) is 0 Å². The van der Waals surface area contributed by atoms with Crippen molar-refractivity contribution in [1.82, 2.24) is 9.62 Å². The molecule has 30 heavy (non-hydrogen) atoms. The molecule has 4 rings (SSSR count). The van der Waals surface area contributed by atoms with E-state index in [-0.39, 0.29) is 35.5 Å². The van der Waals surface area contributed by atoms with Gasteiger partial charge in [0.15, 0.2) is 11.5 Å². The number of sulfonamides is 1. The molecule has 2 aliphatic heterocycles. The zero-order valence-corrected chi connectivity index (χ0v) is 17.2. The fourth-order valence-corrected chi connectivity index (χ4v) is 4.55. The third-order valence-electron chi connectivity index (χ3n) is 5.21. The second-order valence-corrected chi connectivity index (χ2v) is 9.13. The number of rotatable bonds is 5. The molecule has 1 N–H and O–H groups in total. The Labute approximate surface area is 174 Å². The summed E-state index contributed by atoms with van der Waals surface area (Å²) in [4.78, 5) is 14.4. The molecule has 0 saturated carbocycles. The number of hydrogen-bond donors (Lipinski definition) is 1. The lowest BCUT2D eigenvalue weighted by Gasteiger charge is -2.32. The molecule has 2 aliphatic rings. The number of hydrogen-bond acceptors (Lipinski definition) is 5. The van der Waals surface area contributed by atoms with Crippen LogP contribution < -0.4 is 14.2 Å². The molecule has 0 radical (unpaired) electrons. The lowest BCUT2D eigenvalue weighted by atomic mass is 10.1. The zero-order valence-electron chi connectivity index (χ0n) is 16.3. The summed E-state index contributed by atoms with van der Waals surface area (Å²) >= 11 is 0. The van der Waals surface area contributed by atoms with Crippen LogP contribution in [0.1, 0.15) is 24.8 Å². The first-order valence-corrected chi connectivity index (χ1v) is 11.4. The van der Waals surface area contributed by atoms with E-state index in [9.17, 15) is 17.6 Å². The van der Waals surface area contributed by atoms with Crippen LogP contribution in [-0.2, 0) is 21.4 Å². The van der Waals surface area contributed by atoms with Gasteiger partial charge in [-0.1, -0.05) is 12.1 Å². The Bertz CT molecular complexity index is 1020. The van der Waals surface area contributed by atoms with Crippen LogP contribution in [0.5, 0.6) is 11.5 Å². The third-order valence-corrected chi connectivity index (χ3v) is 6.61. The van der Waals surface area contributed by atoms with Crippen LogP contribution in [0.4, 0.5) is 4.39 Å². The van der Waals surface area contributed by atoms with E-state index < -0.39 is 16.1 Å². The molecule has 0 aliphatic carbocycles. The molecule has 1 saturated heterocycles. The molecular formula is C21H23FN2O5S. The maximum absolute atomic E-state index is 13.0. The molecule has 7 nitrogen and oxygen atoms in total. The molecule has 0 bridgehead atoms. The number of amides is 1. The molecule has 0 aromatic heterocycles. The quantitative estimate of drug-likeness (QED) is 0.782. The molecule has 1 amide bonds. The summed E-state index contributed by atoms with van der Waals surface area (Å²) in [6, 6.07) is 9.86. The van der Waals surface area contributed by atoms with Gasteiger partial charge in [-0.15, -0.1) is 0 Å². The predicted molar refractivity (Wildman–Crippen MR) is 107 cm³/mol. The molecule has 1 fully saturated rings. The second kappa shape index (κ2) is 8.61. The van der Waals surface area contributed by atoms with Crippen LogP contribution in [0.3, 0.4) is 0 Å². The molecule has 0 spiro atoms. The van der Waals surface area contributed by atoms with Gasteiger partial charge in [0.1, 0.15) is 12.4 Å². The highest BCUT2D eigenvalue weighted by Crippen LogP contribution is 2.34. The summed E-state index contributed by atoms with van der Waals surface area (Å²) in [6.45, 7) is 1.52. The zero-order chi connectivity index (χ0) is 21.1. The Hall–Kier alpha value is -2.65. The van der Waals surface area contributed by atoms with Gasteiger partial charge in [-0.05, 0) is 49.1 Å². The van der Waals surface area contributed by atoms with Gasteiger partial charge in [0.25, 0.3) is 5.91 Å². The lowest BCUT2D eigenvalue weighted by Crippen LogP contribution is -2.48. The largest absolute Gasteiger partial charge is 0.485 e. The minimum Gasteiger partial charge on any atom is -0.485 e. The summed E-state index contributed by atoms with van der Waals surface area (Å²) in [5, 5.41) is 0. The van der Waals surface area contributed by atoms with E-state index in [2.05, 4.69) is 4.72 Å². The summed E-state index contributed by atoms with van der Waals surface area (Å²) in [5.74, 6) is 0.139. The maximum atomic E-state index is 13.0. The van der Waals surface area contributed by atoms with E-state index in [4.69, 9.17) is 9.47 Å². The average Bonchev–Trinajstić information content (AvgIpc) is 2.78. The molecule has 1 atom stereocenters. The SMILES string of the molecule is O=C([C@H]1COc2cc(S(=O)(=O)NCc3ccc(F)cc3)ccc2O1)N1CCCCC1. The van der Waals surface area contributed by atoms with E-state index in [1.807, 2.05) is 0 Å². The van der Waals surface area contributed by atoms with Gasteiger partial charge in [-0.2, -0.15) is 0 Å². The molecule has 160 valence electrons. The highest BCUT2D eigenvalue weighted by atomic mass is 32.2. The van der Waals surface area contributed by atoms with Gasteiger partial charge in [-0.25, -0.2) is 17.5 Å². The van der Waals surface area contributed by atoms with Crippen molar-refractivity contribution in [2.24, 2.45) is 0 Å². The van der Waals surface area contributed by atoms with E-state index >= 15 is 0 Å². The third kappa shape index (κ3) is 4.57. The van der Waals surface area contributed by atoms with Crippen LogP contribution in [0.25, 0.3) is 0 Å². The Morgan fingerprint density at radius 2 is 1.80 bits per heavy atom. The Kier molecular flexibility index (Phi) is 5.92. The lowest BCUT2D eigenvalue weighted by molar-refractivity contribution is -0.142. The standard InChI is InChI=1S/C21H23FN2O5S/c22-16-6-4-15(5-7-16)13-23-30(26,27)17-8-9-18-19(12-17)28-14-20(29-18)21(25)24-10-2-1-3-11-24/h4-9,12,20,23H,1-3,10-11,13-14H2/t20-/m1/s1. The first-order valence-electron chi connectivity index (χ1n) is 9.89. The van der Waals surface area contributed by atoms with Crippen molar-refractivity contribution >= 4 is 15.9 Å². The van der Waals surface area contributed by atoms with Crippen LogP contribution >= 0.6 is 0 Å². The van der Waals surface area contributed by atoms with Gasteiger partial charge in [0.05, 0.1) is 4.90 Å². The van der Waals surface area contributed by atoms with Crippen molar-refractivity contribution in [2.45, 2.75) is 36.8 Å². The number of likely N-dealkylation sites (tertiary alicyclic amines) is 1. The van der Waals surface area contributed by atoms with Gasteiger partial charge >= 0.3 is 0 Å². The molecule has 2 aromatic carbocycles. The first kappa shape index (κ1) is 20.6. The number of carbonyl (C=O) groups is 1. The average molecular weight is 434 g/mol. The monoisotopic (exact) mass is 434 g/mol. The number of nitrogens with one attached hydrogen (secondary N) is 1. The van der Waals surface area contributed by atoms with Crippen molar-refractivity contribution in [2.75, 3.05) is 19.7 Å². The molecule has 2 aromatic rings. The smallest absolute Gasteiger partial charge is 0.267 e. The number of benzene rings is 2. The van der Waals surface area contributed by atoms with Crippen molar-refractivity contribution in [3.8, 4) is 11.5 Å². The van der Waals surface area contributed by atoms with Crippen LogP contribution in [-0.4, -0.2) is 45.0 Å². The topological polar surface area (TPSA) is 84.9 Å². The minimum atomic E-state index is -3.80. The van der Waals surface area contributed by atoms with E-state index in [1.165, 1.54) is 42.5 Å². The molecular weight excluding hydrogens is 411 g/mol. The van der Waals surface area contributed by atoms with E-state index in [1.54, 1.807) is 4.90 Å². The number of ether oxygens (including phenoxy) is 2. The van der Waals surface area contributed by atoms with Crippen molar-refractivity contribution in [3.05, 3.63) is 53.8 Å². The van der Waals surface area contributed by atoms with Gasteiger partial charge in [-0.3, -0.25) is 4.79 Å². The van der Waals surface area contributed by atoms with Crippen LogP contribution in [0.15, 0.2) is 47.4 Å². The first-order chi connectivity index (χ1) is 14.4. The van der Waals surface area contributed by atoms with E-state index in [0.29, 0.717) is 11.3 Å². The van der Waals surface area contributed by atoms with Crippen molar-refractivity contribution < 1.29 is 27.1 Å². The Balaban J connectivity index is 1.42. The van der Waals surface area contributed by atoms with Crippen LogP contribution in [0, 0.1) is 5.82 Å². The van der Waals surface area contributed by atoms with E-state index in [0.717, 1.165) is 32.4 Å². The molecule has 0 unspecified atom stereocenters. The number of piperidine rings is 1. The summed E-state index contributed by atoms with van der Waals surface area (Å²) in [7, 11) is -3.80. The highest BCUT2D eigenvalue weighted by Gasteiger charge is 2.32. The fourth-order valence-electron chi connectivity index (χ4n) is 3.52. The Morgan fingerprint density at radius 1 is 1.07 bits per heavy atom. The van der Waals surface area contributed by atoms with Gasteiger partial charge < -0.3 is 14.4 Å². The number of nitrogens with zero attached hydrogens (tertiary/aromatic N) is 1.